The molecular weight excluding hydrogens is 362 g/mol. The van der Waals surface area contributed by atoms with E-state index in [1.165, 1.54) is 17.4 Å². The van der Waals surface area contributed by atoms with Crippen LogP contribution in [-0.2, 0) is 0 Å². The number of H-pyrrole nitrogens is 1. The third-order valence-corrected chi connectivity index (χ3v) is 4.68. The molecule has 0 bridgehead atoms. The summed E-state index contributed by atoms with van der Waals surface area (Å²) in [7, 11) is 0. The second kappa shape index (κ2) is 8.34. The zero-order valence-electron chi connectivity index (χ0n) is 14.7. The molecule has 27 heavy (non-hydrogen) atoms. The minimum absolute atomic E-state index is 0.0796. The van der Waals surface area contributed by atoms with Gasteiger partial charge in [-0.25, -0.2) is 4.98 Å². The Kier molecular flexibility index (Phi) is 5.69. The highest BCUT2D eigenvalue weighted by molar-refractivity contribution is 7.13. The van der Waals surface area contributed by atoms with E-state index in [-0.39, 0.29) is 11.6 Å². The van der Waals surface area contributed by atoms with Crippen LogP contribution < -0.4 is 20.8 Å². The summed E-state index contributed by atoms with van der Waals surface area (Å²) in [5.74, 6) is 0.398. The van der Waals surface area contributed by atoms with E-state index in [0.717, 1.165) is 10.5 Å². The number of nitrogens with two attached hydrogens (primary N) is 1. The lowest BCUT2D eigenvalue weighted by atomic mass is 10.1. The highest BCUT2D eigenvalue weighted by Crippen LogP contribution is 2.18. The predicted molar refractivity (Wildman–Crippen MR) is 101 cm³/mol. The summed E-state index contributed by atoms with van der Waals surface area (Å²) in [6, 6.07) is 6.96. The first kappa shape index (κ1) is 18.4. The fourth-order valence-corrected chi connectivity index (χ4v) is 3.17. The van der Waals surface area contributed by atoms with Crippen molar-refractivity contribution in [3.63, 3.8) is 0 Å². The van der Waals surface area contributed by atoms with Crippen LogP contribution in [0.3, 0.4) is 0 Å². The van der Waals surface area contributed by atoms with Crippen molar-refractivity contribution in [2.24, 2.45) is 5.73 Å². The fraction of sp³-hybridized carbons (Fsp3) is 0.150. The van der Waals surface area contributed by atoms with Gasteiger partial charge in [-0.05, 0) is 31.6 Å². The Morgan fingerprint density at radius 2 is 2.19 bits per heavy atom. The summed E-state index contributed by atoms with van der Waals surface area (Å²) in [6.07, 6.45) is 5.64. The van der Waals surface area contributed by atoms with E-state index in [0.29, 0.717) is 29.4 Å². The van der Waals surface area contributed by atoms with Gasteiger partial charge in [0.15, 0.2) is 6.20 Å². The first-order chi connectivity index (χ1) is 13.0. The first-order valence-corrected chi connectivity index (χ1v) is 9.09. The summed E-state index contributed by atoms with van der Waals surface area (Å²) in [5.41, 5.74) is 12.3. The Hall–Kier alpha value is -3.37. The van der Waals surface area contributed by atoms with Crippen LogP contribution in [0.1, 0.15) is 31.5 Å². The molecule has 0 saturated carbocycles. The van der Waals surface area contributed by atoms with Crippen molar-refractivity contribution in [2.45, 2.75) is 13.3 Å². The predicted octanol–water partition coefficient (Wildman–Crippen LogP) is 2.30. The van der Waals surface area contributed by atoms with E-state index in [4.69, 9.17) is 10.5 Å². The number of thiophene rings is 1. The molecule has 136 valence electrons. The van der Waals surface area contributed by atoms with Crippen molar-refractivity contribution in [1.82, 2.24) is 5.32 Å². The number of aromatic amines is 1. The number of allylic oxidation sites excluding steroid dienone is 2. The van der Waals surface area contributed by atoms with Gasteiger partial charge in [-0.1, -0.05) is 11.5 Å². The molecule has 1 aliphatic carbocycles. The van der Waals surface area contributed by atoms with Gasteiger partial charge >= 0.3 is 5.91 Å². The van der Waals surface area contributed by atoms with Gasteiger partial charge in [-0.15, -0.1) is 11.3 Å². The Bertz CT molecular complexity index is 1020. The average molecular weight is 380 g/mol. The molecule has 0 aliphatic heterocycles. The van der Waals surface area contributed by atoms with Gasteiger partial charge in [-0.2, -0.15) is 0 Å². The van der Waals surface area contributed by atoms with Crippen LogP contribution in [0.2, 0.25) is 0 Å². The first-order valence-electron chi connectivity index (χ1n) is 8.27. The number of aromatic nitrogens is 1. The van der Waals surface area contributed by atoms with Crippen LogP contribution in [0, 0.1) is 6.92 Å². The van der Waals surface area contributed by atoms with Crippen molar-refractivity contribution < 1.29 is 19.3 Å². The maximum Gasteiger partial charge on any atom is 0.313 e. The summed E-state index contributed by atoms with van der Waals surface area (Å²) in [6.45, 7) is 2.45. The number of pyridine rings is 1. The maximum atomic E-state index is 12.1. The molecule has 0 aromatic carbocycles. The van der Waals surface area contributed by atoms with Crippen LogP contribution in [0.4, 0.5) is 0 Å². The van der Waals surface area contributed by atoms with Crippen LogP contribution in [-0.4, -0.2) is 18.4 Å². The maximum absolute atomic E-state index is 12.1. The molecule has 4 N–H and O–H groups in total. The zero-order chi connectivity index (χ0) is 19.2. The monoisotopic (exact) mass is 380 g/mol. The Balaban J connectivity index is 1.56. The quantitative estimate of drug-likeness (QED) is 0.722. The smallest absolute Gasteiger partial charge is 0.313 e. The average Bonchev–Trinajstić information content (AvgIpc) is 3.09. The van der Waals surface area contributed by atoms with Gasteiger partial charge in [0.2, 0.25) is 0 Å². The van der Waals surface area contributed by atoms with Gasteiger partial charge in [0.25, 0.3) is 11.6 Å². The van der Waals surface area contributed by atoms with Crippen LogP contribution in [0.25, 0.3) is 0 Å². The fourth-order valence-electron chi connectivity index (χ4n) is 2.38. The molecule has 6 nitrogen and oxygen atoms in total. The number of nitrogens with one attached hydrogen (secondary N) is 2. The molecule has 2 aromatic rings. The largest absolute Gasteiger partial charge is 0.456 e. The minimum atomic E-state index is -0.564. The zero-order valence-corrected chi connectivity index (χ0v) is 15.5. The molecule has 2 amide bonds. The van der Waals surface area contributed by atoms with E-state index in [2.05, 4.69) is 21.8 Å². The highest BCUT2D eigenvalue weighted by Gasteiger charge is 2.12. The number of hydrogen-bond donors (Lipinski definition) is 2. The SMILES string of the molecule is Cc1ccc(C(=O)NCCC2=C=C=CC(Oc3cc[nH+]c(C(N)=O)c3)=C2)s1. The molecule has 3 rings (SSSR count). The topological polar surface area (TPSA) is 95.6 Å². The number of primary amides is 1. The van der Waals surface area contributed by atoms with Gasteiger partial charge in [0.05, 0.1) is 10.9 Å². The molecule has 0 spiro atoms. The highest BCUT2D eigenvalue weighted by atomic mass is 32.1. The standard InChI is InChI=1S/C20H17N3O3S/c1-13-5-6-18(27-13)20(25)23-9-7-14-3-2-4-15(11-14)26-16-8-10-22-17(12-16)19(21)24/h4-6,8,10-12H,7,9H2,1H3,(H2,21,24)(H,23,25)/p+1. The molecule has 1 aliphatic rings. The third-order valence-electron chi connectivity index (χ3n) is 3.68. The second-order valence-corrected chi connectivity index (χ2v) is 7.09. The summed E-state index contributed by atoms with van der Waals surface area (Å²) in [4.78, 5) is 27.8. The van der Waals surface area contributed by atoms with E-state index >= 15 is 0 Å². The molecule has 0 radical (unpaired) electrons. The Labute approximate surface area is 160 Å². The minimum Gasteiger partial charge on any atom is -0.456 e. The number of ether oxygens (including phenoxy) is 1. The number of rotatable bonds is 7. The second-order valence-electron chi connectivity index (χ2n) is 5.81. The van der Waals surface area contributed by atoms with E-state index < -0.39 is 5.91 Å². The molecule has 0 atom stereocenters. The third kappa shape index (κ3) is 5.06. The number of amides is 2. The molecule has 0 fully saturated rings. The lowest BCUT2D eigenvalue weighted by Gasteiger charge is -2.08. The number of aryl methyl sites for hydroxylation is 1. The van der Waals surface area contributed by atoms with Crippen molar-refractivity contribution in [3.8, 4) is 5.75 Å². The number of carbonyl (C=O) groups is 2. The van der Waals surface area contributed by atoms with Gasteiger partial charge < -0.3 is 15.8 Å². The Morgan fingerprint density at radius 1 is 1.33 bits per heavy atom. The molecular formula is C20H18N3O3S+. The van der Waals surface area contributed by atoms with Crippen molar-refractivity contribution in [3.05, 3.63) is 80.9 Å². The Morgan fingerprint density at radius 3 is 2.93 bits per heavy atom. The molecule has 0 unspecified atom stereocenters. The van der Waals surface area contributed by atoms with E-state index in [1.54, 1.807) is 18.3 Å². The molecule has 2 heterocycles. The lowest BCUT2D eigenvalue weighted by Crippen LogP contribution is -2.23. The summed E-state index contributed by atoms with van der Waals surface area (Å²) < 4.78 is 5.74. The van der Waals surface area contributed by atoms with Crippen LogP contribution in [0.15, 0.2) is 65.4 Å². The van der Waals surface area contributed by atoms with Crippen molar-refractivity contribution in [2.75, 3.05) is 6.54 Å². The summed E-state index contributed by atoms with van der Waals surface area (Å²) >= 11 is 1.47. The summed E-state index contributed by atoms with van der Waals surface area (Å²) in [5, 5.41) is 2.89. The van der Waals surface area contributed by atoms with Crippen molar-refractivity contribution >= 4 is 23.2 Å². The van der Waals surface area contributed by atoms with Gasteiger partial charge in [-0.3, -0.25) is 9.59 Å². The lowest BCUT2D eigenvalue weighted by molar-refractivity contribution is -0.382. The molecule has 0 saturated heterocycles. The van der Waals surface area contributed by atoms with Gasteiger partial charge in [0.1, 0.15) is 11.5 Å². The number of hydrogen-bond acceptors (Lipinski definition) is 4. The molecule has 7 heteroatoms. The van der Waals surface area contributed by atoms with Crippen LogP contribution in [0.5, 0.6) is 5.75 Å². The van der Waals surface area contributed by atoms with Crippen molar-refractivity contribution in [1.29, 1.82) is 0 Å². The van der Waals surface area contributed by atoms with E-state index in [1.807, 2.05) is 25.1 Å². The van der Waals surface area contributed by atoms with Gasteiger partial charge in [0, 0.05) is 29.1 Å². The normalized spacial score (nSPS) is 12.3. The van der Waals surface area contributed by atoms with Crippen LogP contribution >= 0.6 is 11.3 Å². The number of carbonyl (C=O) groups excluding carboxylic acids is 2. The van der Waals surface area contributed by atoms with E-state index in [9.17, 15) is 9.59 Å². The molecule has 2 aromatic heterocycles.